The van der Waals surface area contributed by atoms with Gasteiger partial charge in [0.15, 0.2) is 0 Å². The monoisotopic (exact) mass is 571 g/mol. The number of nitrogens with zero attached hydrogens (tertiary/aromatic N) is 1. The van der Waals surface area contributed by atoms with Gasteiger partial charge in [0, 0.05) is 15.5 Å². The third-order valence-corrected chi connectivity index (χ3v) is 5.99. The van der Waals surface area contributed by atoms with Crippen molar-refractivity contribution < 1.29 is 9.90 Å². The molecule has 0 aliphatic heterocycles. The number of hydrogen-bond acceptors (Lipinski definition) is 1. The molecule has 0 atom stereocenters. The maximum Gasteiger partial charge on any atom is 0.353 e. The van der Waals surface area contributed by atoms with Crippen molar-refractivity contribution >= 4 is 85.3 Å². The lowest BCUT2D eigenvalue weighted by Crippen LogP contribution is -2.10. The van der Waals surface area contributed by atoms with Crippen LogP contribution < -0.4 is 0 Å². The molecule has 0 radical (unpaired) electrons. The number of carbonyl (C=O) groups is 1. The highest BCUT2D eigenvalue weighted by Crippen LogP contribution is 2.31. The van der Waals surface area contributed by atoms with E-state index in [1.165, 1.54) is 0 Å². The number of aromatic nitrogens is 1. The fourth-order valence-electron chi connectivity index (χ4n) is 2.48. The van der Waals surface area contributed by atoms with Gasteiger partial charge >= 0.3 is 5.97 Å². The summed E-state index contributed by atoms with van der Waals surface area (Å²) in [6.45, 7) is 0.415. The van der Waals surface area contributed by atoms with E-state index in [-0.39, 0.29) is 5.69 Å². The third kappa shape index (κ3) is 3.33. The second kappa shape index (κ2) is 6.78. The van der Waals surface area contributed by atoms with Gasteiger partial charge < -0.3 is 9.67 Å². The largest absolute Gasteiger partial charge is 0.477 e. The zero-order chi connectivity index (χ0) is 16.7. The molecule has 0 aliphatic carbocycles. The Hall–Kier alpha value is -0.510. The highest BCUT2D eigenvalue weighted by molar-refractivity contribution is 14.1. The molecule has 2 aromatic carbocycles. The predicted molar refractivity (Wildman–Crippen MR) is 110 cm³/mol. The van der Waals surface area contributed by atoms with Crippen LogP contribution in [0.5, 0.6) is 0 Å². The van der Waals surface area contributed by atoms with Crippen molar-refractivity contribution in [2.45, 2.75) is 6.54 Å². The minimum atomic E-state index is -0.944. The first-order valence-corrected chi connectivity index (χ1v) is 9.44. The highest BCUT2D eigenvalue weighted by Gasteiger charge is 2.21. The molecular weight excluding hydrogens is 563 g/mol. The topological polar surface area (TPSA) is 42.2 Å². The molecule has 0 fully saturated rings. The minimum absolute atomic E-state index is 0.286. The number of benzene rings is 2. The summed E-state index contributed by atoms with van der Waals surface area (Å²) in [4.78, 5) is 11.7. The first-order valence-electron chi connectivity index (χ1n) is 6.53. The Morgan fingerprint density at radius 1 is 1.09 bits per heavy atom. The lowest BCUT2D eigenvalue weighted by molar-refractivity contribution is 0.0685. The highest BCUT2D eigenvalue weighted by atomic mass is 127. The Balaban J connectivity index is 2.20. The van der Waals surface area contributed by atoms with Crippen molar-refractivity contribution in [1.82, 2.24) is 4.57 Å². The molecule has 0 bridgehead atoms. The van der Waals surface area contributed by atoms with E-state index in [9.17, 15) is 9.90 Å². The van der Waals surface area contributed by atoms with Crippen molar-refractivity contribution in [2.24, 2.45) is 0 Å². The van der Waals surface area contributed by atoms with Gasteiger partial charge in [0.2, 0.25) is 0 Å². The average molecular weight is 572 g/mol. The molecule has 0 spiro atoms. The quantitative estimate of drug-likeness (QED) is 0.398. The summed E-state index contributed by atoms with van der Waals surface area (Å²) in [6, 6.07) is 11.3. The zero-order valence-electron chi connectivity index (χ0n) is 11.5. The van der Waals surface area contributed by atoms with Crippen LogP contribution in [0.3, 0.4) is 0 Å². The molecule has 1 N–H and O–H groups in total. The van der Waals surface area contributed by atoms with Crippen molar-refractivity contribution in [2.75, 3.05) is 0 Å². The van der Waals surface area contributed by atoms with Crippen LogP contribution in [0.4, 0.5) is 0 Å². The molecule has 1 heterocycles. The summed E-state index contributed by atoms with van der Waals surface area (Å²) >= 11 is 16.3. The van der Waals surface area contributed by atoms with Gasteiger partial charge in [0.1, 0.15) is 5.69 Å². The summed E-state index contributed by atoms with van der Waals surface area (Å²) in [6.07, 6.45) is 0. The summed E-state index contributed by atoms with van der Waals surface area (Å²) in [5.41, 5.74) is 2.07. The second-order valence-corrected chi connectivity index (χ2v) is 8.10. The van der Waals surface area contributed by atoms with E-state index in [0.29, 0.717) is 16.6 Å². The van der Waals surface area contributed by atoms with E-state index in [2.05, 4.69) is 45.2 Å². The summed E-state index contributed by atoms with van der Waals surface area (Å²) in [7, 11) is 0. The maximum absolute atomic E-state index is 11.7. The Morgan fingerprint density at radius 2 is 1.83 bits per heavy atom. The number of fused-ring (bicyclic) bond motifs is 1. The van der Waals surface area contributed by atoms with Gasteiger partial charge in [-0.3, -0.25) is 0 Å². The van der Waals surface area contributed by atoms with Gasteiger partial charge in [-0.15, -0.1) is 0 Å². The molecule has 1 aromatic heterocycles. The minimum Gasteiger partial charge on any atom is -0.477 e. The molecule has 0 unspecified atom stereocenters. The Kier molecular flexibility index (Phi) is 5.10. The number of carboxylic acids is 1. The van der Waals surface area contributed by atoms with Crippen molar-refractivity contribution in [3.63, 3.8) is 0 Å². The van der Waals surface area contributed by atoms with Crippen LogP contribution >= 0.6 is 68.4 Å². The Bertz CT molecular complexity index is 937. The second-order valence-electron chi connectivity index (χ2n) is 4.96. The van der Waals surface area contributed by atoms with Gasteiger partial charge in [0.05, 0.1) is 19.1 Å². The van der Waals surface area contributed by atoms with Crippen LogP contribution in [0.1, 0.15) is 16.1 Å². The normalized spacial score (nSPS) is 11.1. The zero-order valence-corrected chi connectivity index (χ0v) is 17.3. The third-order valence-electron chi connectivity index (χ3n) is 3.49. The van der Waals surface area contributed by atoms with Crippen LogP contribution in [0, 0.1) is 7.14 Å². The van der Waals surface area contributed by atoms with Gasteiger partial charge in [-0.25, -0.2) is 4.79 Å². The van der Waals surface area contributed by atoms with E-state index in [1.807, 2.05) is 24.3 Å². The maximum atomic E-state index is 11.7. The van der Waals surface area contributed by atoms with E-state index < -0.39 is 5.97 Å². The summed E-state index contributed by atoms with van der Waals surface area (Å²) in [5, 5.41) is 11.5. The van der Waals surface area contributed by atoms with Gasteiger partial charge in [-0.05, 0) is 81.1 Å². The molecule has 0 saturated heterocycles. The smallest absolute Gasteiger partial charge is 0.353 e. The Labute approximate surface area is 169 Å². The van der Waals surface area contributed by atoms with Gasteiger partial charge in [-0.2, -0.15) is 0 Å². The lowest BCUT2D eigenvalue weighted by atomic mass is 10.2. The number of hydrogen-bond donors (Lipinski definition) is 1. The van der Waals surface area contributed by atoms with Gasteiger partial charge in [-0.1, -0.05) is 29.3 Å². The van der Waals surface area contributed by atoms with Crippen LogP contribution in [-0.4, -0.2) is 15.6 Å². The van der Waals surface area contributed by atoms with E-state index >= 15 is 0 Å². The molecule has 118 valence electrons. The molecule has 3 aromatic rings. The van der Waals surface area contributed by atoms with Crippen LogP contribution in [-0.2, 0) is 6.54 Å². The number of rotatable bonds is 3. The van der Waals surface area contributed by atoms with Crippen LogP contribution in [0.25, 0.3) is 10.9 Å². The van der Waals surface area contributed by atoms with Crippen molar-refractivity contribution in [3.8, 4) is 0 Å². The fourth-order valence-corrected chi connectivity index (χ4v) is 4.25. The van der Waals surface area contributed by atoms with Crippen molar-refractivity contribution in [3.05, 3.63) is 64.8 Å². The van der Waals surface area contributed by atoms with Crippen LogP contribution in [0.15, 0.2) is 36.4 Å². The molecule has 3 nitrogen and oxygen atoms in total. The molecule has 3 rings (SSSR count). The van der Waals surface area contributed by atoms with E-state index in [1.54, 1.807) is 16.7 Å². The standard InChI is InChI=1S/C16H9Cl2I2NO2/c17-11-3-1-8(5-12(11)18)7-21-13-4-2-9(19)6-10(13)14(20)15(21)16(22)23/h1-6H,7H2,(H,22,23). The number of halogens is 4. The number of aromatic carboxylic acids is 1. The molecule has 0 amide bonds. The molecule has 0 saturated carbocycles. The summed E-state index contributed by atoms with van der Waals surface area (Å²) in [5.74, 6) is -0.944. The van der Waals surface area contributed by atoms with E-state index in [4.69, 9.17) is 23.2 Å². The first-order chi connectivity index (χ1) is 10.9. The lowest BCUT2D eigenvalue weighted by Gasteiger charge is -2.09. The van der Waals surface area contributed by atoms with Crippen molar-refractivity contribution in [1.29, 1.82) is 0 Å². The molecule has 23 heavy (non-hydrogen) atoms. The molecule has 7 heteroatoms. The van der Waals surface area contributed by atoms with Gasteiger partial charge in [0.25, 0.3) is 0 Å². The van der Waals surface area contributed by atoms with E-state index in [0.717, 1.165) is 23.6 Å². The first kappa shape index (κ1) is 17.3. The predicted octanol–water partition coefficient (Wildman–Crippen LogP) is 5.90. The van der Waals surface area contributed by atoms with Crippen LogP contribution in [0.2, 0.25) is 10.0 Å². The Morgan fingerprint density at radius 3 is 2.48 bits per heavy atom. The number of carboxylic acid groups (broad SMARTS) is 1. The SMILES string of the molecule is O=C(O)c1c(I)c2cc(I)ccc2n1Cc1ccc(Cl)c(Cl)c1. The fraction of sp³-hybridized carbons (Fsp3) is 0.0625. The molecule has 0 aliphatic rings. The average Bonchev–Trinajstić information content (AvgIpc) is 2.75. The summed E-state index contributed by atoms with van der Waals surface area (Å²) < 4.78 is 3.61. The molecular formula is C16H9Cl2I2NO2.